The highest BCUT2D eigenvalue weighted by molar-refractivity contribution is 6.31. The number of ether oxygens (including phenoxy) is 1. The van der Waals surface area contributed by atoms with E-state index < -0.39 is 5.92 Å². The number of hydrogen-bond donors (Lipinski definition) is 1. The van der Waals surface area contributed by atoms with Crippen LogP contribution in [0.15, 0.2) is 103 Å². The highest BCUT2D eigenvalue weighted by atomic mass is 35.5. The van der Waals surface area contributed by atoms with E-state index in [-0.39, 0.29) is 17.1 Å². The van der Waals surface area contributed by atoms with E-state index in [0.29, 0.717) is 30.1 Å². The van der Waals surface area contributed by atoms with Crippen LogP contribution < -0.4 is 9.64 Å². The van der Waals surface area contributed by atoms with Gasteiger partial charge < -0.3 is 19.2 Å². The number of aryl methyl sites for hydroxylation is 1. The number of aromatic nitrogens is 2. The van der Waals surface area contributed by atoms with Gasteiger partial charge in [0.25, 0.3) is 0 Å². The van der Waals surface area contributed by atoms with Crippen LogP contribution in [0.5, 0.6) is 5.75 Å². The number of rotatable bonds is 8. The van der Waals surface area contributed by atoms with E-state index in [2.05, 4.69) is 47.8 Å². The van der Waals surface area contributed by atoms with Gasteiger partial charge in [0.2, 0.25) is 5.91 Å². The van der Waals surface area contributed by atoms with Crippen molar-refractivity contribution in [3.63, 3.8) is 0 Å². The van der Waals surface area contributed by atoms with Gasteiger partial charge in [-0.2, -0.15) is 0 Å². The Balaban J connectivity index is 1.36. The first-order valence-corrected chi connectivity index (χ1v) is 17.2. The Labute approximate surface area is 291 Å². The van der Waals surface area contributed by atoms with Gasteiger partial charge in [0.15, 0.2) is 5.78 Å². The fraction of sp³-hybridized carbons (Fsp3) is 0.238. The van der Waals surface area contributed by atoms with Crippen molar-refractivity contribution in [2.75, 3.05) is 12.0 Å². The van der Waals surface area contributed by atoms with Crippen molar-refractivity contribution in [2.45, 2.75) is 52.1 Å². The Morgan fingerprint density at radius 2 is 1.67 bits per heavy atom. The third-order valence-corrected chi connectivity index (χ3v) is 10.4. The summed E-state index contributed by atoms with van der Waals surface area (Å²) in [6.07, 6.45) is 3.98. The molecule has 0 bridgehead atoms. The molecule has 6 nitrogen and oxygen atoms in total. The van der Waals surface area contributed by atoms with Crippen molar-refractivity contribution in [1.82, 2.24) is 9.55 Å². The third-order valence-electron chi connectivity index (χ3n) is 10.2. The van der Waals surface area contributed by atoms with Crippen LogP contribution >= 0.6 is 11.6 Å². The largest absolute Gasteiger partial charge is 0.497 e. The number of hydrogen-bond acceptors (Lipinski definition) is 3. The van der Waals surface area contributed by atoms with Crippen LogP contribution in [0.25, 0.3) is 22.2 Å². The Kier molecular flexibility index (Phi) is 7.72. The Morgan fingerprint density at radius 1 is 0.918 bits per heavy atom. The monoisotopic (exact) mass is 667 g/mol. The van der Waals surface area contributed by atoms with E-state index in [1.165, 1.54) is 10.9 Å². The highest BCUT2D eigenvalue weighted by Crippen LogP contribution is 2.51. The van der Waals surface area contributed by atoms with Crippen molar-refractivity contribution >= 4 is 39.9 Å². The van der Waals surface area contributed by atoms with Crippen LogP contribution in [-0.4, -0.2) is 28.4 Å². The summed E-state index contributed by atoms with van der Waals surface area (Å²) in [6.45, 7) is 5.39. The summed E-state index contributed by atoms with van der Waals surface area (Å²) in [4.78, 5) is 34.7. The van der Waals surface area contributed by atoms with Crippen molar-refractivity contribution in [3.05, 3.63) is 142 Å². The molecular weight excluding hydrogens is 630 g/mol. The zero-order valence-electron chi connectivity index (χ0n) is 27.9. The van der Waals surface area contributed by atoms with E-state index in [1.54, 1.807) is 7.11 Å². The van der Waals surface area contributed by atoms with Gasteiger partial charge >= 0.3 is 0 Å². The smallest absolute Gasteiger partial charge is 0.239 e. The maximum Gasteiger partial charge on any atom is 0.239 e. The van der Waals surface area contributed by atoms with Gasteiger partial charge in [-0.25, -0.2) is 0 Å². The topological polar surface area (TPSA) is 67.3 Å². The number of halogens is 1. The second-order valence-corrected chi connectivity index (χ2v) is 14.5. The van der Waals surface area contributed by atoms with Crippen LogP contribution in [0, 0.1) is 5.41 Å². The quantitative estimate of drug-likeness (QED) is 0.176. The first-order chi connectivity index (χ1) is 23.7. The summed E-state index contributed by atoms with van der Waals surface area (Å²) < 4.78 is 7.87. The number of nitrogens with zero attached hydrogens (tertiary/aromatic N) is 2. The first-order valence-electron chi connectivity index (χ1n) is 16.8. The van der Waals surface area contributed by atoms with Crippen LogP contribution in [0.1, 0.15) is 64.5 Å². The summed E-state index contributed by atoms with van der Waals surface area (Å²) in [7, 11) is 1.66. The van der Waals surface area contributed by atoms with Crippen LogP contribution in [0.3, 0.4) is 0 Å². The fourth-order valence-corrected chi connectivity index (χ4v) is 8.18. The number of anilines is 1. The van der Waals surface area contributed by atoms with Gasteiger partial charge in [-0.3, -0.25) is 9.59 Å². The van der Waals surface area contributed by atoms with E-state index in [9.17, 15) is 9.59 Å². The summed E-state index contributed by atoms with van der Waals surface area (Å²) in [5, 5.41) is 1.75. The molecule has 1 N–H and O–H groups in total. The van der Waals surface area contributed by atoms with Gasteiger partial charge in [0.1, 0.15) is 5.75 Å². The first kappa shape index (κ1) is 31.2. The molecule has 1 amide bonds. The summed E-state index contributed by atoms with van der Waals surface area (Å²) in [5.41, 5.74) is 9.09. The minimum Gasteiger partial charge on any atom is -0.497 e. The number of carbonyl (C=O) groups excluding carboxylic acids is 2. The lowest BCUT2D eigenvalue weighted by atomic mass is 9.74. The molecule has 6 aromatic rings. The molecule has 1 atom stereocenters. The number of ketones is 1. The lowest BCUT2D eigenvalue weighted by Crippen LogP contribution is -2.31. The molecule has 1 unspecified atom stereocenters. The van der Waals surface area contributed by atoms with Gasteiger partial charge in [0, 0.05) is 57.6 Å². The van der Waals surface area contributed by atoms with E-state index in [4.69, 9.17) is 16.3 Å². The Hall–Kier alpha value is -5.07. The molecular formula is C42H38ClN3O3. The molecule has 7 heteroatoms. The van der Waals surface area contributed by atoms with E-state index in [0.717, 1.165) is 63.4 Å². The van der Waals surface area contributed by atoms with E-state index in [1.807, 2.05) is 83.8 Å². The number of amides is 1. The number of aromatic amines is 1. The average molecular weight is 668 g/mol. The second kappa shape index (κ2) is 12.1. The molecule has 0 fully saturated rings. The predicted octanol–water partition coefficient (Wildman–Crippen LogP) is 9.37. The lowest BCUT2D eigenvalue weighted by molar-refractivity contribution is -0.118. The standard InChI is InChI=1S/C42H38ClN3O3/c1-42(2)22-35-38(36(47)23-42)39(37-32-21-29(43)15-18-34(32)46(41(37)48)25-26-9-5-4-6-10-26)40(27-13-16-30(49-3)17-14-27)45(35)20-19-28-24-44-33-12-8-7-11-31(28)33/h4-18,21,24,37,44H,19-20,22-23,25H2,1-3H3. The molecule has 0 spiro atoms. The minimum atomic E-state index is -0.692. The molecule has 1 aliphatic heterocycles. The van der Waals surface area contributed by atoms with Crippen molar-refractivity contribution in [2.24, 2.45) is 5.41 Å². The summed E-state index contributed by atoms with van der Waals surface area (Å²) in [5.74, 6) is 0.0832. The zero-order chi connectivity index (χ0) is 33.9. The summed E-state index contributed by atoms with van der Waals surface area (Å²) in [6, 6.07) is 32.0. The predicted molar refractivity (Wildman–Crippen MR) is 196 cm³/mol. The molecule has 246 valence electrons. The molecule has 2 aromatic heterocycles. The normalized spacial score (nSPS) is 16.7. The lowest BCUT2D eigenvalue weighted by Gasteiger charge is -2.30. The zero-order valence-corrected chi connectivity index (χ0v) is 28.7. The molecule has 8 rings (SSSR count). The number of benzene rings is 4. The van der Waals surface area contributed by atoms with Crippen molar-refractivity contribution in [3.8, 4) is 17.0 Å². The minimum absolute atomic E-state index is 0.0508. The Bertz CT molecular complexity index is 2230. The Morgan fingerprint density at radius 3 is 2.45 bits per heavy atom. The van der Waals surface area contributed by atoms with Gasteiger partial charge in [-0.05, 0) is 89.0 Å². The number of carbonyl (C=O) groups is 2. The number of Topliss-reactive ketones (excluding diaryl/α,β-unsaturated/α-hetero) is 1. The molecule has 0 radical (unpaired) electrons. The summed E-state index contributed by atoms with van der Waals surface area (Å²) >= 11 is 6.67. The number of H-pyrrole nitrogens is 1. The van der Waals surface area contributed by atoms with Gasteiger partial charge in [-0.1, -0.05) is 74.0 Å². The molecule has 4 aromatic carbocycles. The molecule has 3 heterocycles. The van der Waals surface area contributed by atoms with Gasteiger partial charge in [-0.15, -0.1) is 0 Å². The molecule has 0 saturated carbocycles. The molecule has 0 saturated heterocycles. The van der Waals surface area contributed by atoms with Gasteiger partial charge in [0.05, 0.1) is 25.3 Å². The highest BCUT2D eigenvalue weighted by Gasteiger charge is 2.46. The van der Waals surface area contributed by atoms with Crippen molar-refractivity contribution < 1.29 is 14.3 Å². The van der Waals surface area contributed by atoms with Crippen LogP contribution in [-0.2, 0) is 30.7 Å². The number of nitrogens with one attached hydrogen (secondary N) is 1. The molecule has 49 heavy (non-hydrogen) atoms. The van der Waals surface area contributed by atoms with E-state index >= 15 is 0 Å². The van der Waals surface area contributed by atoms with Crippen molar-refractivity contribution in [1.29, 1.82) is 0 Å². The maximum absolute atomic E-state index is 14.9. The van der Waals surface area contributed by atoms with Crippen LogP contribution in [0.2, 0.25) is 5.02 Å². The number of methoxy groups -OCH3 is 1. The second-order valence-electron chi connectivity index (χ2n) is 14.1. The SMILES string of the molecule is COc1ccc(-c2c(C3C(=O)N(Cc4ccccc4)c4ccc(Cl)cc43)c3c(n2CCc2c[nH]c4ccccc24)CC(C)(C)CC3=O)cc1. The average Bonchev–Trinajstić information content (AvgIpc) is 3.73. The van der Waals surface area contributed by atoms with Crippen LogP contribution in [0.4, 0.5) is 5.69 Å². The number of fused-ring (bicyclic) bond motifs is 3. The molecule has 1 aliphatic carbocycles. The third kappa shape index (κ3) is 5.44. The molecule has 2 aliphatic rings. The maximum atomic E-state index is 14.9. The fourth-order valence-electron chi connectivity index (χ4n) is 8.00. The number of para-hydroxylation sites is 1.